The van der Waals surface area contributed by atoms with E-state index in [0.717, 1.165) is 6.61 Å². The van der Waals surface area contributed by atoms with E-state index in [1.54, 1.807) is 11.3 Å². The van der Waals surface area contributed by atoms with Gasteiger partial charge in [0.15, 0.2) is 0 Å². The molecule has 1 aliphatic carbocycles. The Hall–Kier alpha value is -0.420. The van der Waals surface area contributed by atoms with Crippen LogP contribution >= 0.6 is 11.3 Å². The van der Waals surface area contributed by atoms with Crippen molar-refractivity contribution in [2.45, 2.75) is 38.8 Å². The van der Waals surface area contributed by atoms with E-state index in [1.165, 1.54) is 22.6 Å². The van der Waals surface area contributed by atoms with Crippen molar-refractivity contribution in [3.8, 4) is 0 Å². The molecule has 2 atom stereocenters. The smallest absolute Gasteiger partial charge is 0.0818 e. The van der Waals surface area contributed by atoms with Crippen LogP contribution in [0.15, 0.2) is 12.1 Å². The molecule has 1 heterocycles. The highest BCUT2D eigenvalue weighted by atomic mass is 32.1. The first-order valence-corrected chi connectivity index (χ1v) is 6.72. The zero-order valence-electron chi connectivity index (χ0n) is 9.90. The summed E-state index contributed by atoms with van der Waals surface area (Å²) in [5.74, 6) is 6.37. The Labute approximate surface area is 101 Å². The second kappa shape index (κ2) is 5.27. The van der Waals surface area contributed by atoms with Gasteiger partial charge in [0.25, 0.3) is 0 Å². The molecule has 2 unspecified atom stereocenters. The fourth-order valence-electron chi connectivity index (χ4n) is 2.08. The lowest BCUT2D eigenvalue weighted by Gasteiger charge is -2.25. The molecule has 0 aromatic carbocycles. The Bertz CT molecular complexity index is 336. The van der Waals surface area contributed by atoms with Crippen molar-refractivity contribution in [3.63, 3.8) is 0 Å². The van der Waals surface area contributed by atoms with Crippen LogP contribution in [0.5, 0.6) is 0 Å². The van der Waals surface area contributed by atoms with Gasteiger partial charge in [-0.15, -0.1) is 11.3 Å². The summed E-state index contributed by atoms with van der Waals surface area (Å²) in [5, 5.41) is 0. The van der Waals surface area contributed by atoms with Crippen LogP contribution in [-0.2, 0) is 4.74 Å². The largest absolute Gasteiger partial charge is 0.376 e. The number of rotatable bonds is 6. The van der Waals surface area contributed by atoms with Crippen molar-refractivity contribution in [2.75, 3.05) is 6.61 Å². The molecule has 2 rings (SSSR count). The van der Waals surface area contributed by atoms with E-state index in [-0.39, 0.29) is 12.1 Å². The molecule has 90 valence electrons. The van der Waals surface area contributed by atoms with E-state index in [9.17, 15) is 0 Å². The predicted molar refractivity (Wildman–Crippen MR) is 67.3 cm³/mol. The highest BCUT2D eigenvalue weighted by molar-refractivity contribution is 7.12. The van der Waals surface area contributed by atoms with E-state index in [2.05, 4.69) is 24.5 Å². The van der Waals surface area contributed by atoms with Crippen LogP contribution < -0.4 is 11.3 Å². The van der Waals surface area contributed by atoms with E-state index in [4.69, 9.17) is 10.6 Å². The van der Waals surface area contributed by atoms with Gasteiger partial charge in [-0.2, -0.15) is 0 Å². The van der Waals surface area contributed by atoms with E-state index < -0.39 is 0 Å². The third-order valence-corrected chi connectivity index (χ3v) is 4.11. The summed E-state index contributed by atoms with van der Waals surface area (Å²) in [6.45, 7) is 4.92. The molecule has 3 N–H and O–H groups in total. The number of hydrazine groups is 1. The van der Waals surface area contributed by atoms with Gasteiger partial charge >= 0.3 is 0 Å². The summed E-state index contributed by atoms with van der Waals surface area (Å²) >= 11 is 1.80. The Kier molecular flexibility index (Phi) is 3.97. The molecular formula is C12H20N2OS. The van der Waals surface area contributed by atoms with Crippen molar-refractivity contribution in [2.24, 2.45) is 11.8 Å². The van der Waals surface area contributed by atoms with E-state index >= 15 is 0 Å². The standard InChI is InChI=1S/C12H20N2OS/c1-3-15-12(9-5-6-9)11(14-13)10-7-4-8(2)16-10/h4,7,9,11-12,14H,3,5-6,13H2,1-2H3. The molecule has 16 heavy (non-hydrogen) atoms. The average molecular weight is 240 g/mol. The molecule has 3 nitrogen and oxygen atoms in total. The third-order valence-electron chi connectivity index (χ3n) is 3.02. The normalized spacial score (nSPS) is 19.7. The molecule has 1 aromatic rings. The number of aryl methyl sites for hydroxylation is 1. The van der Waals surface area contributed by atoms with E-state index in [1.807, 2.05) is 6.92 Å². The fourth-order valence-corrected chi connectivity index (χ4v) is 3.05. The van der Waals surface area contributed by atoms with E-state index in [0.29, 0.717) is 5.92 Å². The molecule has 0 saturated heterocycles. The van der Waals surface area contributed by atoms with Crippen molar-refractivity contribution in [1.29, 1.82) is 0 Å². The number of hydrogen-bond acceptors (Lipinski definition) is 4. The van der Waals surface area contributed by atoms with Gasteiger partial charge in [0.1, 0.15) is 0 Å². The summed E-state index contributed by atoms with van der Waals surface area (Å²) in [6.07, 6.45) is 2.77. The summed E-state index contributed by atoms with van der Waals surface area (Å²) in [4.78, 5) is 2.60. The maximum atomic E-state index is 5.85. The minimum Gasteiger partial charge on any atom is -0.376 e. The average Bonchev–Trinajstić information content (AvgIpc) is 3.02. The predicted octanol–water partition coefficient (Wildman–Crippen LogP) is 2.38. The highest BCUT2D eigenvalue weighted by Gasteiger charge is 2.38. The van der Waals surface area contributed by atoms with Gasteiger partial charge in [0, 0.05) is 16.4 Å². The number of nitrogens with one attached hydrogen (secondary N) is 1. The van der Waals surface area contributed by atoms with Gasteiger partial charge in [-0.3, -0.25) is 5.84 Å². The molecule has 0 radical (unpaired) electrons. The molecule has 1 aromatic heterocycles. The molecule has 1 aliphatic rings. The first-order chi connectivity index (χ1) is 7.76. The van der Waals surface area contributed by atoms with Crippen LogP contribution in [-0.4, -0.2) is 12.7 Å². The van der Waals surface area contributed by atoms with Crippen molar-refractivity contribution in [3.05, 3.63) is 21.9 Å². The number of thiophene rings is 1. The maximum absolute atomic E-state index is 5.85. The molecule has 0 amide bonds. The topological polar surface area (TPSA) is 47.3 Å². The molecule has 0 bridgehead atoms. The zero-order valence-corrected chi connectivity index (χ0v) is 10.7. The van der Waals surface area contributed by atoms with Gasteiger partial charge in [0.05, 0.1) is 12.1 Å². The Morgan fingerprint density at radius 1 is 1.56 bits per heavy atom. The fraction of sp³-hybridized carbons (Fsp3) is 0.667. The third kappa shape index (κ3) is 2.63. The highest BCUT2D eigenvalue weighted by Crippen LogP contribution is 2.41. The van der Waals surface area contributed by atoms with Crippen LogP contribution in [0.25, 0.3) is 0 Å². The lowest BCUT2D eigenvalue weighted by molar-refractivity contribution is 0.0194. The Balaban J connectivity index is 2.12. The van der Waals surface area contributed by atoms with Crippen molar-refractivity contribution >= 4 is 11.3 Å². The summed E-state index contributed by atoms with van der Waals surface area (Å²) in [6, 6.07) is 4.44. The second-order valence-electron chi connectivity index (χ2n) is 4.35. The number of hydrogen-bond donors (Lipinski definition) is 2. The zero-order chi connectivity index (χ0) is 11.5. The first-order valence-electron chi connectivity index (χ1n) is 5.90. The molecule has 4 heteroatoms. The van der Waals surface area contributed by atoms with Gasteiger partial charge in [-0.05, 0) is 44.7 Å². The van der Waals surface area contributed by atoms with Crippen LogP contribution in [0.3, 0.4) is 0 Å². The number of nitrogens with two attached hydrogens (primary N) is 1. The minimum atomic E-state index is 0.145. The second-order valence-corrected chi connectivity index (χ2v) is 5.67. The molecule has 1 fully saturated rings. The molecule has 0 spiro atoms. The molecular weight excluding hydrogens is 220 g/mol. The summed E-state index contributed by atoms with van der Waals surface area (Å²) in [5.41, 5.74) is 2.92. The van der Waals surface area contributed by atoms with Crippen LogP contribution in [0.2, 0.25) is 0 Å². The Morgan fingerprint density at radius 2 is 2.31 bits per heavy atom. The Morgan fingerprint density at radius 3 is 2.75 bits per heavy atom. The van der Waals surface area contributed by atoms with Crippen LogP contribution in [0.1, 0.15) is 35.6 Å². The van der Waals surface area contributed by atoms with Crippen molar-refractivity contribution in [1.82, 2.24) is 5.43 Å². The van der Waals surface area contributed by atoms with Gasteiger partial charge in [-0.25, -0.2) is 5.43 Å². The number of ether oxygens (including phenoxy) is 1. The SMILES string of the molecule is CCOC(C1CC1)C(NN)c1ccc(C)s1. The van der Waals surface area contributed by atoms with Crippen LogP contribution in [0, 0.1) is 12.8 Å². The summed E-state index contributed by atoms with van der Waals surface area (Å²) < 4.78 is 5.85. The molecule has 0 aliphatic heterocycles. The minimum absolute atomic E-state index is 0.145. The quantitative estimate of drug-likeness (QED) is 0.593. The van der Waals surface area contributed by atoms with Gasteiger partial charge in [0.2, 0.25) is 0 Å². The lowest BCUT2D eigenvalue weighted by Crippen LogP contribution is -2.38. The monoisotopic (exact) mass is 240 g/mol. The summed E-state index contributed by atoms with van der Waals surface area (Å²) in [7, 11) is 0. The van der Waals surface area contributed by atoms with Crippen LogP contribution in [0.4, 0.5) is 0 Å². The van der Waals surface area contributed by atoms with Crippen molar-refractivity contribution < 1.29 is 4.74 Å². The van der Waals surface area contributed by atoms with Gasteiger partial charge < -0.3 is 4.74 Å². The van der Waals surface area contributed by atoms with Gasteiger partial charge in [-0.1, -0.05) is 0 Å². The lowest BCUT2D eigenvalue weighted by atomic mass is 10.1. The molecule has 1 saturated carbocycles. The maximum Gasteiger partial charge on any atom is 0.0818 e. The first kappa shape index (κ1) is 12.0.